The third-order valence-electron chi connectivity index (χ3n) is 5.52. The molecule has 0 aromatic carbocycles. The largest absolute Gasteiger partial charge is 0.478 e. The number of aliphatic imine (C=N–C) groups is 1. The molecule has 2 nitrogen and oxygen atoms in total. The Hall–Kier alpha value is -0.790. The zero-order valence-electron chi connectivity index (χ0n) is 17.2. The molecule has 0 spiro atoms. The van der Waals surface area contributed by atoms with Crippen LogP contribution < -0.4 is 0 Å². The summed E-state index contributed by atoms with van der Waals surface area (Å²) in [6, 6.07) is 0. The smallest absolute Gasteiger partial charge is 0.183 e. The molecule has 1 aliphatic carbocycles. The molecule has 2 aliphatic rings. The highest BCUT2D eigenvalue weighted by atomic mass is 16.5. The first kappa shape index (κ1) is 20.5. The number of hydrogen-bond donors (Lipinski definition) is 0. The van der Waals surface area contributed by atoms with E-state index in [4.69, 9.17) is 4.74 Å². The minimum Gasteiger partial charge on any atom is -0.478 e. The number of ether oxygens (including phenoxy) is 1. The molecule has 0 aromatic rings. The summed E-state index contributed by atoms with van der Waals surface area (Å²) in [4.78, 5) is 4.63. The quantitative estimate of drug-likeness (QED) is 0.224. The summed E-state index contributed by atoms with van der Waals surface area (Å²) in [6.07, 6.45) is 20.5. The van der Waals surface area contributed by atoms with Crippen LogP contribution in [0.25, 0.3) is 0 Å². The fourth-order valence-corrected chi connectivity index (χ4v) is 3.80. The maximum atomic E-state index is 5.65. The van der Waals surface area contributed by atoms with Gasteiger partial charge in [-0.15, -0.1) is 0 Å². The van der Waals surface area contributed by atoms with Gasteiger partial charge < -0.3 is 4.74 Å². The Kier molecular flexibility index (Phi) is 9.06. The maximum absolute atomic E-state index is 5.65. The van der Waals surface area contributed by atoms with Gasteiger partial charge in [-0.3, -0.25) is 0 Å². The first-order valence-electron chi connectivity index (χ1n) is 11.0. The van der Waals surface area contributed by atoms with E-state index in [0.29, 0.717) is 0 Å². The van der Waals surface area contributed by atoms with Gasteiger partial charge in [-0.05, 0) is 52.4 Å². The van der Waals surface area contributed by atoms with Gasteiger partial charge in [-0.2, -0.15) is 0 Å². The standard InChI is InChI=1S/C23H41NO/c1-4-5-6-7-9-12-15-20-18-21(20)16-13-10-8-11-14-17-22-24-23(2,3)19-25-22/h4-19H2,1-3H3. The first-order valence-corrected chi connectivity index (χ1v) is 11.0. The Morgan fingerprint density at radius 1 is 0.760 bits per heavy atom. The molecule has 1 aliphatic heterocycles. The van der Waals surface area contributed by atoms with E-state index >= 15 is 0 Å². The fourth-order valence-electron chi connectivity index (χ4n) is 3.80. The van der Waals surface area contributed by atoms with Gasteiger partial charge in [0.1, 0.15) is 6.61 Å². The molecule has 0 bridgehead atoms. The van der Waals surface area contributed by atoms with Crippen molar-refractivity contribution in [1.82, 2.24) is 0 Å². The van der Waals surface area contributed by atoms with Crippen molar-refractivity contribution in [3.05, 3.63) is 11.1 Å². The van der Waals surface area contributed by atoms with E-state index in [1.807, 2.05) is 11.1 Å². The van der Waals surface area contributed by atoms with Crippen molar-refractivity contribution >= 4 is 5.90 Å². The van der Waals surface area contributed by atoms with Crippen LogP contribution in [-0.2, 0) is 4.74 Å². The molecule has 144 valence electrons. The molecule has 1 heterocycles. The second-order valence-electron chi connectivity index (χ2n) is 8.78. The van der Waals surface area contributed by atoms with Crippen LogP contribution in [0.2, 0.25) is 0 Å². The van der Waals surface area contributed by atoms with Crippen LogP contribution in [-0.4, -0.2) is 18.0 Å². The first-order chi connectivity index (χ1) is 12.1. The van der Waals surface area contributed by atoms with Gasteiger partial charge in [-0.25, -0.2) is 4.99 Å². The van der Waals surface area contributed by atoms with Gasteiger partial charge in [0.25, 0.3) is 0 Å². The molecule has 0 atom stereocenters. The van der Waals surface area contributed by atoms with E-state index in [0.717, 1.165) is 18.9 Å². The summed E-state index contributed by atoms with van der Waals surface area (Å²) in [7, 11) is 0. The molecule has 0 saturated carbocycles. The summed E-state index contributed by atoms with van der Waals surface area (Å²) >= 11 is 0. The Morgan fingerprint density at radius 3 is 1.80 bits per heavy atom. The zero-order chi connectivity index (χ0) is 18.0. The lowest BCUT2D eigenvalue weighted by molar-refractivity contribution is 0.273. The van der Waals surface area contributed by atoms with Crippen molar-refractivity contribution in [2.24, 2.45) is 4.99 Å². The topological polar surface area (TPSA) is 21.6 Å². The van der Waals surface area contributed by atoms with Gasteiger partial charge in [-0.1, -0.05) is 69.4 Å². The van der Waals surface area contributed by atoms with Crippen molar-refractivity contribution in [2.75, 3.05) is 6.61 Å². The fraction of sp³-hybridized carbons (Fsp3) is 0.870. The summed E-state index contributed by atoms with van der Waals surface area (Å²) < 4.78 is 5.65. The predicted octanol–water partition coefficient (Wildman–Crippen LogP) is 7.38. The Bertz CT molecular complexity index is 447. The molecule has 0 amide bonds. The molecular formula is C23H41NO. The van der Waals surface area contributed by atoms with Crippen LogP contribution in [0.15, 0.2) is 16.1 Å². The highest BCUT2D eigenvalue weighted by molar-refractivity contribution is 5.78. The molecule has 0 fully saturated rings. The Labute approximate surface area is 156 Å². The Morgan fingerprint density at radius 2 is 1.28 bits per heavy atom. The summed E-state index contributed by atoms with van der Waals surface area (Å²) in [5.41, 5.74) is 3.64. The molecule has 0 aromatic heterocycles. The average Bonchev–Trinajstić information content (AvgIpc) is 3.23. The van der Waals surface area contributed by atoms with Crippen molar-refractivity contribution in [3.63, 3.8) is 0 Å². The second-order valence-corrected chi connectivity index (χ2v) is 8.78. The lowest BCUT2D eigenvalue weighted by Gasteiger charge is -2.07. The van der Waals surface area contributed by atoms with E-state index in [1.165, 1.54) is 89.9 Å². The third-order valence-corrected chi connectivity index (χ3v) is 5.52. The summed E-state index contributed by atoms with van der Waals surface area (Å²) in [5.74, 6) is 0.993. The molecule has 25 heavy (non-hydrogen) atoms. The number of rotatable bonds is 15. The molecule has 2 rings (SSSR count). The van der Waals surface area contributed by atoms with Gasteiger partial charge in [0.15, 0.2) is 5.90 Å². The monoisotopic (exact) mass is 347 g/mol. The SMILES string of the molecule is CCCCCCCCC1=C(CCCCCCCC2=NC(C)(C)CO2)C1. The van der Waals surface area contributed by atoms with Crippen LogP contribution in [0.4, 0.5) is 0 Å². The third kappa shape index (κ3) is 8.92. The van der Waals surface area contributed by atoms with Gasteiger partial charge in [0.2, 0.25) is 0 Å². The van der Waals surface area contributed by atoms with E-state index < -0.39 is 0 Å². The van der Waals surface area contributed by atoms with E-state index in [1.54, 1.807) is 0 Å². The molecule has 2 heteroatoms. The highest BCUT2D eigenvalue weighted by Crippen LogP contribution is 2.38. The van der Waals surface area contributed by atoms with Gasteiger partial charge in [0.05, 0.1) is 5.54 Å². The van der Waals surface area contributed by atoms with Crippen molar-refractivity contribution in [2.45, 2.75) is 123 Å². The average molecular weight is 348 g/mol. The molecule has 0 unspecified atom stereocenters. The molecular weight excluding hydrogens is 306 g/mol. The number of allylic oxidation sites excluding steroid dienone is 2. The maximum Gasteiger partial charge on any atom is 0.183 e. The van der Waals surface area contributed by atoms with Crippen LogP contribution in [0.3, 0.4) is 0 Å². The van der Waals surface area contributed by atoms with Crippen LogP contribution in [0.1, 0.15) is 117 Å². The Balaban J connectivity index is 1.37. The molecule has 0 N–H and O–H groups in total. The van der Waals surface area contributed by atoms with E-state index in [2.05, 4.69) is 25.8 Å². The molecule has 0 saturated heterocycles. The van der Waals surface area contributed by atoms with Crippen molar-refractivity contribution in [1.29, 1.82) is 0 Å². The van der Waals surface area contributed by atoms with Crippen molar-refractivity contribution in [3.8, 4) is 0 Å². The minimum atomic E-state index is 0.0144. The van der Waals surface area contributed by atoms with Crippen LogP contribution >= 0.6 is 0 Å². The van der Waals surface area contributed by atoms with Crippen LogP contribution in [0.5, 0.6) is 0 Å². The van der Waals surface area contributed by atoms with Gasteiger partial charge >= 0.3 is 0 Å². The predicted molar refractivity (Wildman–Crippen MR) is 109 cm³/mol. The summed E-state index contributed by atoms with van der Waals surface area (Å²) in [6.45, 7) is 7.35. The lowest BCUT2D eigenvalue weighted by atomic mass is 10.1. The number of hydrogen-bond acceptors (Lipinski definition) is 2. The second kappa shape index (κ2) is 11.0. The lowest BCUT2D eigenvalue weighted by Crippen LogP contribution is -2.17. The van der Waals surface area contributed by atoms with E-state index in [9.17, 15) is 0 Å². The number of nitrogens with zero attached hydrogens (tertiary/aromatic N) is 1. The summed E-state index contributed by atoms with van der Waals surface area (Å²) in [5, 5.41) is 0. The highest BCUT2D eigenvalue weighted by Gasteiger charge is 2.25. The normalized spacial score (nSPS) is 18.4. The van der Waals surface area contributed by atoms with Crippen LogP contribution in [0, 0.1) is 0 Å². The van der Waals surface area contributed by atoms with E-state index in [-0.39, 0.29) is 5.54 Å². The van der Waals surface area contributed by atoms with Gasteiger partial charge in [0, 0.05) is 6.42 Å². The zero-order valence-corrected chi connectivity index (χ0v) is 17.2. The van der Waals surface area contributed by atoms with Crippen molar-refractivity contribution < 1.29 is 4.74 Å². The minimum absolute atomic E-state index is 0.0144. The molecule has 0 radical (unpaired) electrons. The number of unbranched alkanes of at least 4 members (excludes halogenated alkanes) is 9.